The third-order valence-corrected chi connectivity index (χ3v) is 7.52. The van der Waals surface area contributed by atoms with Crippen LogP contribution in [0, 0.1) is 28.1 Å². The Morgan fingerprint density at radius 2 is 1.75 bits per heavy atom. The number of piperidine rings is 1. The monoisotopic (exact) mass is 381 g/mol. The van der Waals surface area contributed by atoms with Crippen molar-refractivity contribution < 1.29 is 14.7 Å². The van der Waals surface area contributed by atoms with Gasteiger partial charge in [-0.1, -0.05) is 13.8 Å². The van der Waals surface area contributed by atoms with E-state index in [-0.39, 0.29) is 17.2 Å². The van der Waals surface area contributed by atoms with E-state index in [4.69, 9.17) is 5.26 Å². The van der Waals surface area contributed by atoms with E-state index in [0.717, 1.165) is 51.6 Å². The first-order chi connectivity index (χ1) is 13.3. The zero-order chi connectivity index (χ0) is 20.4. The fraction of sp³-hybridized carbons (Fsp3) is 0.609. The number of carbonyl (C=O) groups is 2. The molecule has 0 N–H and O–H groups in total. The van der Waals surface area contributed by atoms with Crippen molar-refractivity contribution in [3.63, 3.8) is 0 Å². The number of carboxylic acid groups (broad SMARTS) is 1. The Hall–Kier alpha value is -2.35. The summed E-state index contributed by atoms with van der Waals surface area (Å²) in [5.74, 6) is -0.700. The van der Waals surface area contributed by atoms with Gasteiger partial charge >= 0.3 is 0 Å². The normalized spacial score (nSPS) is 21.7. The molecule has 1 saturated carbocycles. The van der Waals surface area contributed by atoms with E-state index in [9.17, 15) is 14.7 Å². The van der Waals surface area contributed by atoms with Gasteiger partial charge in [0, 0.05) is 30.0 Å². The SMILES string of the molecule is CCC(C)(C(=O)[O-])C1CCC2(CC1)CCN(C(=O)c1ccc(C#N)cc1)CC2. The van der Waals surface area contributed by atoms with Crippen LogP contribution in [0.2, 0.25) is 0 Å². The fourth-order valence-electron chi connectivity index (χ4n) is 5.02. The Morgan fingerprint density at radius 3 is 2.21 bits per heavy atom. The highest BCUT2D eigenvalue weighted by molar-refractivity contribution is 5.94. The van der Waals surface area contributed by atoms with Crippen molar-refractivity contribution in [2.45, 2.75) is 58.8 Å². The zero-order valence-electron chi connectivity index (χ0n) is 16.9. The lowest BCUT2D eigenvalue weighted by molar-refractivity contribution is -0.322. The van der Waals surface area contributed by atoms with Crippen LogP contribution >= 0.6 is 0 Å². The van der Waals surface area contributed by atoms with E-state index in [1.54, 1.807) is 24.3 Å². The van der Waals surface area contributed by atoms with Gasteiger partial charge in [0.25, 0.3) is 5.91 Å². The number of nitriles is 1. The highest BCUT2D eigenvalue weighted by Gasteiger charge is 2.43. The Labute approximate surface area is 167 Å². The summed E-state index contributed by atoms with van der Waals surface area (Å²) in [5, 5.41) is 20.5. The number of hydrogen-bond acceptors (Lipinski definition) is 4. The molecule has 3 rings (SSSR count). The van der Waals surface area contributed by atoms with E-state index in [0.29, 0.717) is 17.5 Å². The number of rotatable bonds is 4. The summed E-state index contributed by atoms with van der Waals surface area (Å²) in [5.41, 5.74) is 0.708. The average molecular weight is 381 g/mol. The number of hydrogen-bond donors (Lipinski definition) is 0. The predicted molar refractivity (Wildman–Crippen MR) is 104 cm³/mol. The summed E-state index contributed by atoms with van der Waals surface area (Å²) in [6, 6.07) is 8.88. The van der Waals surface area contributed by atoms with Gasteiger partial charge in [-0.2, -0.15) is 5.26 Å². The average Bonchev–Trinajstić information content (AvgIpc) is 2.73. The molecule has 1 spiro atoms. The lowest BCUT2D eigenvalue weighted by Crippen LogP contribution is -2.49. The number of nitrogens with zero attached hydrogens (tertiary/aromatic N) is 2. The van der Waals surface area contributed by atoms with Crippen LogP contribution < -0.4 is 5.11 Å². The molecule has 1 aromatic carbocycles. The number of amides is 1. The third kappa shape index (κ3) is 3.78. The van der Waals surface area contributed by atoms with E-state index in [2.05, 4.69) is 6.07 Å². The topological polar surface area (TPSA) is 84.2 Å². The number of carbonyl (C=O) groups excluding carboxylic acids is 2. The van der Waals surface area contributed by atoms with Gasteiger partial charge in [0.2, 0.25) is 0 Å². The van der Waals surface area contributed by atoms with Crippen LogP contribution in [-0.2, 0) is 4.79 Å². The molecule has 150 valence electrons. The maximum absolute atomic E-state index is 12.7. The number of likely N-dealkylation sites (tertiary alicyclic amines) is 1. The quantitative estimate of drug-likeness (QED) is 0.802. The van der Waals surface area contributed by atoms with E-state index in [1.165, 1.54) is 0 Å². The Bertz CT molecular complexity index is 762. The highest BCUT2D eigenvalue weighted by Crippen LogP contribution is 2.51. The molecule has 1 heterocycles. The largest absolute Gasteiger partial charge is 0.550 e. The molecule has 1 aromatic rings. The van der Waals surface area contributed by atoms with Gasteiger partial charge < -0.3 is 14.8 Å². The van der Waals surface area contributed by atoms with Crippen LogP contribution in [0.3, 0.4) is 0 Å². The van der Waals surface area contributed by atoms with Crippen molar-refractivity contribution in [1.29, 1.82) is 5.26 Å². The Morgan fingerprint density at radius 1 is 1.18 bits per heavy atom. The van der Waals surface area contributed by atoms with Crippen molar-refractivity contribution in [1.82, 2.24) is 4.90 Å². The minimum Gasteiger partial charge on any atom is -0.550 e. The summed E-state index contributed by atoms with van der Waals surface area (Å²) < 4.78 is 0. The second-order valence-corrected chi connectivity index (χ2v) is 8.81. The standard InChI is InChI=1S/C23H30N2O3/c1-3-22(2,21(27)28)19-8-10-23(11-9-19)12-14-25(15-13-23)20(26)18-6-4-17(16-24)5-7-18/h4-7,19H,3,8-15H2,1-2H3,(H,27,28)/p-1. The maximum atomic E-state index is 12.7. The lowest BCUT2D eigenvalue weighted by atomic mass is 9.59. The Kier molecular flexibility index (Phi) is 5.79. The molecule has 2 fully saturated rings. The summed E-state index contributed by atoms with van der Waals surface area (Å²) in [7, 11) is 0. The van der Waals surface area contributed by atoms with Crippen molar-refractivity contribution in [2.24, 2.45) is 16.7 Å². The fourth-order valence-corrected chi connectivity index (χ4v) is 5.02. The molecular formula is C23H29N2O3-. The molecule has 0 aromatic heterocycles. The minimum absolute atomic E-state index is 0.0311. The van der Waals surface area contributed by atoms with Crippen LogP contribution in [0.15, 0.2) is 24.3 Å². The van der Waals surface area contributed by atoms with Crippen LogP contribution in [0.4, 0.5) is 0 Å². The highest BCUT2D eigenvalue weighted by atomic mass is 16.4. The summed E-state index contributed by atoms with van der Waals surface area (Å²) in [6.45, 7) is 5.27. The van der Waals surface area contributed by atoms with E-state index >= 15 is 0 Å². The lowest BCUT2D eigenvalue weighted by Gasteiger charge is -2.49. The van der Waals surface area contributed by atoms with Gasteiger partial charge in [-0.05, 0) is 80.5 Å². The van der Waals surface area contributed by atoms with E-state index in [1.807, 2.05) is 18.7 Å². The molecule has 1 unspecified atom stereocenters. The second kappa shape index (κ2) is 7.95. The Balaban J connectivity index is 1.57. The zero-order valence-corrected chi connectivity index (χ0v) is 16.9. The maximum Gasteiger partial charge on any atom is 0.253 e. The smallest absolute Gasteiger partial charge is 0.253 e. The first-order valence-electron chi connectivity index (χ1n) is 10.3. The number of carboxylic acids is 1. The van der Waals surface area contributed by atoms with Crippen molar-refractivity contribution in [2.75, 3.05) is 13.1 Å². The van der Waals surface area contributed by atoms with Gasteiger partial charge in [0.15, 0.2) is 0 Å². The molecule has 2 aliphatic rings. The minimum atomic E-state index is -0.918. The molecule has 5 nitrogen and oxygen atoms in total. The molecule has 0 radical (unpaired) electrons. The van der Waals surface area contributed by atoms with Crippen LogP contribution in [0.25, 0.3) is 0 Å². The molecule has 1 aliphatic heterocycles. The van der Waals surface area contributed by atoms with Crippen molar-refractivity contribution >= 4 is 11.9 Å². The number of benzene rings is 1. The molecule has 0 bridgehead atoms. The molecule has 1 aliphatic carbocycles. The summed E-state index contributed by atoms with van der Waals surface area (Å²) in [6.07, 6.45) is 6.52. The van der Waals surface area contributed by atoms with Crippen LogP contribution in [0.5, 0.6) is 0 Å². The molecule has 1 saturated heterocycles. The third-order valence-electron chi connectivity index (χ3n) is 7.52. The number of aliphatic carboxylic acids is 1. The summed E-state index contributed by atoms with van der Waals surface area (Å²) in [4.78, 5) is 26.3. The van der Waals surface area contributed by atoms with Gasteiger partial charge in [0.05, 0.1) is 11.6 Å². The van der Waals surface area contributed by atoms with E-state index < -0.39 is 11.4 Å². The molecule has 28 heavy (non-hydrogen) atoms. The first-order valence-corrected chi connectivity index (χ1v) is 10.3. The van der Waals surface area contributed by atoms with Crippen molar-refractivity contribution in [3.05, 3.63) is 35.4 Å². The van der Waals surface area contributed by atoms with Gasteiger partial charge in [-0.25, -0.2) is 0 Å². The predicted octanol–water partition coefficient (Wildman–Crippen LogP) is 3.14. The van der Waals surface area contributed by atoms with Gasteiger partial charge in [0.1, 0.15) is 0 Å². The van der Waals surface area contributed by atoms with Gasteiger partial charge in [-0.15, -0.1) is 0 Å². The molecule has 1 amide bonds. The molecular weight excluding hydrogens is 352 g/mol. The molecule has 5 heteroatoms. The molecule has 1 atom stereocenters. The van der Waals surface area contributed by atoms with Gasteiger partial charge in [-0.3, -0.25) is 4.79 Å². The summed E-state index contributed by atoms with van der Waals surface area (Å²) >= 11 is 0. The second-order valence-electron chi connectivity index (χ2n) is 8.81. The van der Waals surface area contributed by atoms with Crippen LogP contribution in [0.1, 0.15) is 74.7 Å². The first kappa shape index (κ1) is 20.4. The van der Waals surface area contributed by atoms with Crippen molar-refractivity contribution in [3.8, 4) is 6.07 Å². The van der Waals surface area contributed by atoms with Crippen LogP contribution in [-0.4, -0.2) is 29.9 Å².